The Morgan fingerprint density at radius 3 is 1.53 bits per heavy atom. The first-order valence-corrected chi connectivity index (χ1v) is 27.8. The van der Waals surface area contributed by atoms with Gasteiger partial charge >= 0.3 is 12.2 Å². The summed E-state index contributed by atoms with van der Waals surface area (Å²) in [7, 11) is 0. The van der Waals surface area contributed by atoms with E-state index in [0.29, 0.717) is 71.1 Å². The van der Waals surface area contributed by atoms with Crippen molar-refractivity contribution in [1.82, 2.24) is 39.7 Å². The molecule has 0 radical (unpaired) electrons. The van der Waals surface area contributed by atoms with E-state index >= 15 is 0 Å². The normalized spacial score (nSPS) is 19.2. The maximum atomic E-state index is 12.7. The molecule has 0 spiro atoms. The summed E-state index contributed by atoms with van der Waals surface area (Å²) in [5.41, 5.74) is 8.00. The highest BCUT2D eigenvalue weighted by Crippen LogP contribution is 2.41. The van der Waals surface area contributed by atoms with Gasteiger partial charge in [0.1, 0.15) is 54.1 Å². The smallest absolute Gasteiger partial charge is 0.410 e. The van der Waals surface area contributed by atoms with E-state index in [9.17, 15) is 9.59 Å². The first-order chi connectivity index (χ1) is 34.9. The third kappa shape index (κ3) is 14.9. The quantitative estimate of drug-likeness (QED) is 0.150. The van der Waals surface area contributed by atoms with Crippen molar-refractivity contribution in [2.45, 2.75) is 128 Å². The summed E-state index contributed by atoms with van der Waals surface area (Å²) >= 11 is 22.8. The zero-order valence-corrected chi connectivity index (χ0v) is 46.2. The van der Waals surface area contributed by atoms with Gasteiger partial charge in [0.05, 0.1) is 31.6 Å². The number of aromatic nitrogens is 6. The van der Waals surface area contributed by atoms with E-state index < -0.39 is 11.2 Å². The molecule has 3 N–H and O–H groups in total. The average Bonchev–Trinajstić information content (AvgIpc) is 3.98. The van der Waals surface area contributed by atoms with Gasteiger partial charge in [-0.3, -0.25) is 0 Å². The first-order valence-electron chi connectivity index (χ1n) is 25.0. The van der Waals surface area contributed by atoms with E-state index in [1.54, 1.807) is 32.5 Å². The topological polar surface area (TPSA) is 193 Å². The lowest BCUT2D eigenvalue weighted by Crippen LogP contribution is -2.47. The van der Waals surface area contributed by atoms with Crippen LogP contribution in [0.5, 0.6) is 0 Å². The summed E-state index contributed by atoms with van der Waals surface area (Å²) in [6.07, 6.45) is 6.75. The summed E-state index contributed by atoms with van der Waals surface area (Å²) in [6.45, 7) is 16.7. The van der Waals surface area contributed by atoms with Crippen LogP contribution in [0.4, 0.5) is 15.4 Å². The minimum atomic E-state index is -0.531. The Morgan fingerprint density at radius 2 is 1.05 bits per heavy atom. The highest BCUT2D eigenvalue weighted by molar-refractivity contribution is 7.22. The molecule has 6 aromatic rings. The Kier molecular flexibility index (Phi) is 18.3. The number of ether oxygens (including phenoxy) is 4. The molecule has 16 nitrogen and oxygen atoms in total. The molecular weight excluding hydrogens is 1030 g/mol. The van der Waals surface area contributed by atoms with Crippen LogP contribution >= 0.6 is 57.5 Å². The third-order valence-corrected chi connectivity index (χ3v) is 15.4. The Balaban J connectivity index is 0.000000163. The lowest BCUT2D eigenvalue weighted by atomic mass is 9.99. The van der Waals surface area contributed by atoms with Gasteiger partial charge in [0, 0.05) is 76.5 Å². The van der Waals surface area contributed by atoms with Gasteiger partial charge in [0.2, 0.25) is 0 Å². The highest BCUT2D eigenvalue weighted by Gasteiger charge is 2.31. The molecule has 4 saturated heterocycles. The number of halogens is 3. The van der Waals surface area contributed by atoms with Crippen LogP contribution in [0.1, 0.15) is 116 Å². The molecule has 4 fully saturated rings. The van der Waals surface area contributed by atoms with E-state index in [1.165, 1.54) is 0 Å². The standard InChI is InChI=1S/C26H32ClN5O3S.C16H13Cl2N3OS.C10H20N2O2/c1-26(2,3)35-25(33)32-12-6-7-17(15-32)28-23-20(24-29-18-8-4-5-9-19(18)36-24)21(27)30-22(31-23)16-10-13-34-14-11-16;17-13-12(16-19-10-3-1-2-4-11(10)23-16)14(18)21-15(20-13)9-5-7-22-8-6-9;1-10(2,3)14-9(13)12-6-4-5-8(11)7-12/h4-5,8-9,16-17H,6-7,10-15H2,1-3H3,(H,28,30,31);1-4,9H,5-8H2;8H,4-7,11H2,1-3H3/t17-;;8-/m1.1/s1. The van der Waals surface area contributed by atoms with Crippen molar-refractivity contribution in [3.63, 3.8) is 0 Å². The SMILES string of the molecule is CC(C)(C)OC(=O)N1CCC[C@@H](N)C1.CC(C)(C)OC(=O)N1CCC[C@@H](Nc2nc(C3CCOCC3)nc(Cl)c2-c2nc3ccccc3s2)C1.Clc1nc(C2CCOCC2)nc(Cl)c1-c1nc2ccccc2s1. The molecule has 392 valence electrons. The molecule has 21 heteroatoms. The maximum Gasteiger partial charge on any atom is 0.410 e. The number of carbonyl (C=O) groups excluding carboxylic acids is 2. The second-order valence-electron chi connectivity index (χ2n) is 20.6. The molecule has 0 saturated carbocycles. The van der Waals surface area contributed by atoms with Crippen molar-refractivity contribution in [3.05, 3.63) is 75.6 Å². The monoisotopic (exact) mass is 1090 g/mol. The molecular formula is C52H65Cl3N10O6S2. The number of carbonyl (C=O) groups is 2. The lowest BCUT2D eigenvalue weighted by Gasteiger charge is -2.35. The molecule has 0 aliphatic carbocycles. The van der Waals surface area contributed by atoms with Crippen LogP contribution < -0.4 is 11.1 Å². The van der Waals surface area contributed by atoms with Crippen LogP contribution in [0.3, 0.4) is 0 Å². The van der Waals surface area contributed by atoms with Gasteiger partial charge in [0.25, 0.3) is 0 Å². The molecule has 2 amide bonds. The molecule has 73 heavy (non-hydrogen) atoms. The summed E-state index contributed by atoms with van der Waals surface area (Å²) in [5, 5.41) is 6.27. The zero-order valence-electron chi connectivity index (χ0n) is 42.3. The lowest BCUT2D eigenvalue weighted by molar-refractivity contribution is 0.0193. The number of fused-ring (bicyclic) bond motifs is 2. The number of para-hydroxylation sites is 2. The second kappa shape index (κ2) is 24.4. The molecule has 4 aliphatic rings. The van der Waals surface area contributed by atoms with Gasteiger partial charge in [-0.2, -0.15) is 0 Å². The summed E-state index contributed by atoms with van der Waals surface area (Å²) in [5.74, 6) is 2.56. The Bertz CT molecular complexity index is 2760. The van der Waals surface area contributed by atoms with E-state index in [4.69, 9.17) is 74.4 Å². The van der Waals surface area contributed by atoms with Crippen molar-refractivity contribution in [2.75, 3.05) is 57.9 Å². The molecule has 0 unspecified atom stereocenters. The van der Waals surface area contributed by atoms with Gasteiger partial charge < -0.3 is 39.8 Å². The number of thiazole rings is 2. The summed E-state index contributed by atoms with van der Waals surface area (Å²) in [6, 6.07) is 16.1. The number of anilines is 1. The van der Waals surface area contributed by atoms with Crippen LogP contribution in [0, 0.1) is 0 Å². The maximum absolute atomic E-state index is 12.7. The van der Waals surface area contributed by atoms with Gasteiger partial charge in [-0.1, -0.05) is 59.1 Å². The Labute approximate surface area is 450 Å². The van der Waals surface area contributed by atoms with Gasteiger partial charge in [-0.05, 0) is 117 Å². The minimum absolute atomic E-state index is 0.00732. The second-order valence-corrected chi connectivity index (χ2v) is 23.8. The van der Waals surface area contributed by atoms with Crippen molar-refractivity contribution >= 4 is 95.9 Å². The van der Waals surface area contributed by atoms with Crippen molar-refractivity contribution in [1.29, 1.82) is 0 Å². The summed E-state index contributed by atoms with van der Waals surface area (Å²) in [4.78, 5) is 55.9. The van der Waals surface area contributed by atoms with Crippen LogP contribution in [-0.4, -0.2) is 128 Å². The first kappa shape index (κ1) is 54.7. The number of nitrogens with zero attached hydrogens (tertiary/aromatic N) is 8. The molecule has 4 aliphatic heterocycles. The van der Waals surface area contributed by atoms with Gasteiger partial charge in [0.15, 0.2) is 0 Å². The minimum Gasteiger partial charge on any atom is -0.444 e. The van der Waals surface area contributed by atoms with Crippen molar-refractivity contribution in [2.24, 2.45) is 5.73 Å². The fourth-order valence-electron chi connectivity index (χ4n) is 8.86. The number of amides is 2. The number of benzene rings is 2. The Morgan fingerprint density at radius 1 is 0.616 bits per heavy atom. The van der Waals surface area contributed by atoms with E-state index in [0.717, 1.165) is 107 Å². The third-order valence-electron chi connectivity index (χ3n) is 12.4. The molecule has 2 aromatic carbocycles. The molecule has 0 bridgehead atoms. The van der Waals surface area contributed by atoms with Crippen LogP contribution in [0.15, 0.2) is 48.5 Å². The van der Waals surface area contributed by atoms with E-state index in [-0.39, 0.29) is 36.1 Å². The zero-order chi connectivity index (χ0) is 51.9. The number of nitrogens with two attached hydrogens (primary N) is 1. The molecule has 10 rings (SSSR count). The Hall–Kier alpha value is -4.53. The predicted molar refractivity (Wildman–Crippen MR) is 291 cm³/mol. The highest BCUT2D eigenvalue weighted by atomic mass is 35.5. The average molecular weight is 1100 g/mol. The van der Waals surface area contributed by atoms with E-state index in [1.807, 2.05) is 84.0 Å². The van der Waals surface area contributed by atoms with E-state index in [2.05, 4.69) is 26.3 Å². The number of nitrogens with one attached hydrogen (secondary N) is 1. The number of hydrogen-bond donors (Lipinski definition) is 2. The number of likely N-dealkylation sites (tertiary alicyclic amines) is 2. The largest absolute Gasteiger partial charge is 0.444 e. The van der Waals surface area contributed by atoms with Gasteiger partial charge in [-0.15, -0.1) is 22.7 Å². The molecule has 2 atom stereocenters. The summed E-state index contributed by atoms with van der Waals surface area (Å²) < 4.78 is 24.0. The number of piperidine rings is 2. The molecule has 4 aromatic heterocycles. The van der Waals surface area contributed by atoms with Gasteiger partial charge in [-0.25, -0.2) is 39.5 Å². The molecule has 8 heterocycles. The van der Waals surface area contributed by atoms with Crippen LogP contribution in [0.25, 0.3) is 41.6 Å². The van der Waals surface area contributed by atoms with Crippen molar-refractivity contribution < 1.29 is 28.5 Å². The predicted octanol–water partition coefficient (Wildman–Crippen LogP) is 12.4. The fourth-order valence-corrected chi connectivity index (χ4v) is 11.9. The number of rotatable bonds is 6. The van der Waals surface area contributed by atoms with Crippen LogP contribution in [0.2, 0.25) is 15.5 Å². The fraction of sp³-hybridized carbons (Fsp3) is 0.538. The number of hydrogen-bond acceptors (Lipinski definition) is 16. The van der Waals surface area contributed by atoms with Crippen LogP contribution in [-0.2, 0) is 18.9 Å². The van der Waals surface area contributed by atoms with Crippen molar-refractivity contribution in [3.8, 4) is 21.1 Å².